The second kappa shape index (κ2) is 5.77. The molecule has 0 radical (unpaired) electrons. The average molecular weight is 362 g/mol. The van der Waals surface area contributed by atoms with Crippen molar-refractivity contribution in [2.24, 2.45) is 0 Å². The van der Waals surface area contributed by atoms with Crippen molar-refractivity contribution in [3.63, 3.8) is 0 Å². The quantitative estimate of drug-likeness (QED) is 0.791. The minimum Gasteiger partial charge on any atom is -0.505 e. The molecule has 0 saturated carbocycles. The molecule has 2 N–H and O–H groups in total. The SMILES string of the molecule is O=C(Nc1ccc(Br)c(Cl)c1Cl)c1ccncc1O. The third-order valence-electron chi connectivity index (χ3n) is 2.33. The standard InChI is InChI=1S/C12H7BrCl2N2O2/c13-7-1-2-8(11(15)10(7)14)17-12(19)6-3-4-16-5-9(6)18/h1-5,18H,(H,17,19). The van der Waals surface area contributed by atoms with Gasteiger partial charge in [-0.15, -0.1) is 0 Å². The predicted octanol–water partition coefficient (Wildman–Crippen LogP) is 4.11. The molecule has 1 aromatic carbocycles. The van der Waals surface area contributed by atoms with Gasteiger partial charge in [0.1, 0.15) is 5.75 Å². The first-order valence-electron chi connectivity index (χ1n) is 5.08. The van der Waals surface area contributed by atoms with E-state index in [2.05, 4.69) is 26.2 Å². The zero-order valence-electron chi connectivity index (χ0n) is 9.32. The Morgan fingerprint density at radius 2 is 2.00 bits per heavy atom. The van der Waals surface area contributed by atoms with E-state index in [0.717, 1.165) is 0 Å². The summed E-state index contributed by atoms with van der Waals surface area (Å²) in [5, 5.41) is 12.6. The fourth-order valence-corrected chi connectivity index (χ4v) is 2.21. The number of aromatic nitrogens is 1. The number of amides is 1. The second-order valence-corrected chi connectivity index (χ2v) is 5.18. The summed E-state index contributed by atoms with van der Waals surface area (Å²) in [5.74, 6) is -0.709. The van der Waals surface area contributed by atoms with Gasteiger partial charge in [-0.3, -0.25) is 9.78 Å². The molecule has 1 heterocycles. The molecule has 4 nitrogen and oxygen atoms in total. The number of carbonyl (C=O) groups is 1. The molecule has 0 unspecified atom stereocenters. The molecule has 0 aliphatic rings. The summed E-state index contributed by atoms with van der Waals surface area (Å²) in [6.45, 7) is 0. The van der Waals surface area contributed by atoms with Crippen LogP contribution in [0.25, 0.3) is 0 Å². The molecule has 0 bridgehead atoms. The van der Waals surface area contributed by atoms with Crippen LogP contribution in [0.15, 0.2) is 35.1 Å². The molecule has 0 saturated heterocycles. The zero-order chi connectivity index (χ0) is 14.0. The summed E-state index contributed by atoms with van der Waals surface area (Å²) in [5.41, 5.74) is 0.459. The Labute approximate surface area is 127 Å². The van der Waals surface area contributed by atoms with Crippen LogP contribution in [0, 0.1) is 0 Å². The second-order valence-electron chi connectivity index (χ2n) is 3.57. The van der Waals surface area contributed by atoms with Crippen LogP contribution in [-0.4, -0.2) is 16.0 Å². The normalized spacial score (nSPS) is 10.3. The lowest BCUT2D eigenvalue weighted by Crippen LogP contribution is -2.12. The van der Waals surface area contributed by atoms with Crippen LogP contribution in [0.3, 0.4) is 0 Å². The number of pyridine rings is 1. The minimum atomic E-state index is -0.500. The van der Waals surface area contributed by atoms with E-state index in [9.17, 15) is 9.90 Å². The molecule has 98 valence electrons. The first-order valence-corrected chi connectivity index (χ1v) is 6.63. The third kappa shape index (κ3) is 3.00. The number of anilines is 1. The van der Waals surface area contributed by atoms with Gasteiger partial charge < -0.3 is 10.4 Å². The molecule has 1 amide bonds. The highest BCUT2D eigenvalue weighted by atomic mass is 79.9. The molecule has 19 heavy (non-hydrogen) atoms. The Balaban J connectivity index is 2.30. The Bertz CT molecular complexity index is 650. The molecule has 2 aromatic rings. The van der Waals surface area contributed by atoms with Gasteiger partial charge in [0, 0.05) is 10.7 Å². The summed E-state index contributed by atoms with van der Waals surface area (Å²) in [4.78, 5) is 15.7. The molecular weight excluding hydrogens is 355 g/mol. The van der Waals surface area contributed by atoms with Crippen molar-refractivity contribution >= 4 is 50.7 Å². The van der Waals surface area contributed by atoms with E-state index in [0.29, 0.717) is 15.2 Å². The fraction of sp³-hybridized carbons (Fsp3) is 0. The van der Waals surface area contributed by atoms with Crippen LogP contribution in [0.2, 0.25) is 10.0 Å². The Morgan fingerprint density at radius 3 is 2.68 bits per heavy atom. The molecular formula is C12H7BrCl2N2O2. The van der Waals surface area contributed by atoms with Crippen LogP contribution < -0.4 is 5.32 Å². The maximum Gasteiger partial charge on any atom is 0.259 e. The number of benzene rings is 1. The van der Waals surface area contributed by atoms with Gasteiger partial charge in [-0.25, -0.2) is 0 Å². The number of nitrogens with zero attached hydrogens (tertiary/aromatic N) is 1. The van der Waals surface area contributed by atoms with E-state index < -0.39 is 5.91 Å². The van der Waals surface area contributed by atoms with Crippen molar-refractivity contribution in [3.05, 3.63) is 50.7 Å². The maximum atomic E-state index is 12.0. The van der Waals surface area contributed by atoms with Gasteiger partial charge in [0.25, 0.3) is 5.91 Å². The fourth-order valence-electron chi connectivity index (χ4n) is 1.39. The van der Waals surface area contributed by atoms with Gasteiger partial charge in [0.15, 0.2) is 0 Å². The average Bonchev–Trinajstić information content (AvgIpc) is 2.40. The Morgan fingerprint density at radius 1 is 1.26 bits per heavy atom. The largest absolute Gasteiger partial charge is 0.505 e. The smallest absolute Gasteiger partial charge is 0.259 e. The highest BCUT2D eigenvalue weighted by molar-refractivity contribution is 9.10. The highest BCUT2D eigenvalue weighted by Crippen LogP contribution is 2.36. The molecule has 0 fully saturated rings. The highest BCUT2D eigenvalue weighted by Gasteiger charge is 2.14. The first kappa shape index (κ1) is 14.1. The van der Waals surface area contributed by atoms with E-state index in [4.69, 9.17) is 23.2 Å². The summed E-state index contributed by atoms with van der Waals surface area (Å²) in [7, 11) is 0. The summed E-state index contributed by atoms with van der Waals surface area (Å²) in [6, 6.07) is 4.67. The Kier molecular flexibility index (Phi) is 4.29. The number of halogens is 3. The van der Waals surface area contributed by atoms with E-state index in [-0.39, 0.29) is 16.3 Å². The van der Waals surface area contributed by atoms with Gasteiger partial charge in [-0.05, 0) is 34.1 Å². The lowest BCUT2D eigenvalue weighted by molar-refractivity contribution is 0.102. The van der Waals surface area contributed by atoms with E-state index in [1.807, 2.05) is 0 Å². The summed E-state index contributed by atoms with van der Waals surface area (Å²) in [6.07, 6.45) is 2.59. The number of rotatable bonds is 2. The number of aromatic hydroxyl groups is 1. The third-order valence-corrected chi connectivity index (χ3v) is 4.10. The lowest BCUT2D eigenvalue weighted by atomic mass is 10.2. The van der Waals surface area contributed by atoms with Crippen LogP contribution in [0.1, 0.15) is 10.4 Å². The van der Waals surface area contributed by atoms with Crippen LogP contribution in [0.5, 0.6) is 5.75 Å². The van der Waals surface area contributed by atoms with Gasteiger partial charge in [0.05, 0.1) is 27.5 Å². The van der Waals surface area contributed by atoms with Crippen LogP contribution in [-0.2, 0) is 0 Å². The first-order chi connectivity index (χ1) is 9.00. The number of carbonyl (C=O) groups excluding carboxylic acids is 1. The van der Waals surface area contributed by atoms with Crippen molar-refractivity contribution in [2.45, 2.75) is 0 Å². The molecule has 0 spiro atoms. The molecule has 2 rings (SSSR count). The summed E-state index contributed by atoms with van der Waals surface area (Å²) >= 11 is 15.2. The Hall–Kier alpha value is -1.30. The van der Waals surface area contributed by atoms with Gasteiger partial charge >= 0.3 is 0 Å². The van der Waals surface area contributed by atoms with Crippen molar-refractivity contribution < 1.29 is 9.90 Å². The van der Waals surface area contributed by atoms with Crippen molar-refractivity contribution in [1.29, 1.82) is 0 Å². The maximum absolute atomic E-state index is 12.0. The molecule has 0 aliphatic carbocycles. The number of hydrogen-bond acceptors (Lipinski definition) is 3. The van der Waals surface area contributed by atoms with Gasteiger partial charge in [0.2, 0.25) is 0 Å². The van der Waals surface area contributed by atoms with Gasteiger partial charge in [-0.1, -0.05) is 23.2 Å². The predicted molar refractivity (Wildman–Crippen MR) is 78.0 cm³/mol. The minimum absolute atomic E-state index is 0.102. The molecule has 7 heteroatoms. The van der Waals surface area contributed by atoms with E-state index in [1.54, 1.807) is 12.1 Å². The molecule has 0 atom stereocenters. The van der Waals surface area contributed by atoms with E-state index >= 15 is 0 Å². The van der Waals surface area contributed by atoms with Crippen LogP contribution in [0.4, 0.5) is 5.69 Å². The molecule has 0 aliphatic heterocycles. The zero-order valence-corrected chi connectivity index (χ0v) is 12.4. The van der Waals surface area contributed by atoms with Gasteiger partial charge in [-0.2, -0.15) is 0 Å². The van der Waals surface area contributed by atoms with Crippen molar-refractivity contribution in [3.8, 4) is 5.75 Å². The molecule has 1 aromatic heterocycles. The van der Waals surface area contributed by atoms with Crippen molar-refractivity contribution in [2.75, 3.05) is 5.32 Å². The van der Waals surface area contributed by atoms with E-state index in [1.165, 1.54) is 18.5 Å². The topological polar surface area (TPSA) is 62.2 Å². The van der Waals surface area contributed by atoms with Crippen LogP contribution >= 0.6 is 39.1 Å². The number of nitrogens with one attached hydrogen (secondary N) is 1. The number of hydrogen-bond donors (Lipinski definition) is 2. The van der Waals surface area contributed by atoms with Crippen molar-refractivity contribution in [1.82, 2.24) is 4.98 Å². The monoisotopic (exact) mass is 360 g/mol. The summed E-state index contributed by atoms with van der Waals surface area (Å²) < 4.78 is 0.629. The lowest BCUT2D eigenvalue weighted by Gasteiger charge is -2.09.